The maximum atomic E-state index is 5.72. The van der Waals surface area contributed by atoms with Crippen LogP contribution >= 0.6 is 15.9 Å². The van der Waals surface area contributed by atoms with Crippen LogP contribution in [0.15, 0.2) is 35.1 Å². The largest absolute Gasteiger partial charge is 0.439 e. The summed E-state index contributed by atoms with van der Waals surface area (Å²) in [6.45, 7) is 5.01. The van der Waals surface area contributed by atoms with Gasteiger partial charge in [-0.25, -0.2) is 9.97 Å². The van der Waals surface area contributed by atoms with Crippen LogP contribution in [-0.2, 0) is 0 Å². The molecule has 0 aliphatic carbocycles. The summed E-state index contributed by atoms with van der Waals surface area (Å²) in [6, 6.07) is 7.62. The molecule has 0 aliphatic rings. The van der Waals surface area contributed by atoms with Crippen LogP contribution in [0.25, 0.3) is 0 Å². The summed E-state index contributed by atoms with van der Waals surface area (Å²) in [6.07, 6.45) is 2.55. The highest BCUT2D eigenvalue weighted by Gasteiger charge is 2.03. The first-order valence-corrected chi connectivity index (χ1v) is 6.98. The zero-order valence-electron chi connectivity index (χ0n) is 11.0. The molecule has 1 N–H and O–H groups in total. The van der Waals surface area contributed by atoms with Crippen molar-refractivity contribution < 1.29 is 4.74 Å². The lowest BCUT2D eigenvalue weighted by molar-refractivity contribution is 0.461. The topological polar surface area (TPSA) is 47.0 Å². The lowest BCUT2D eigenvalue weighted by atomic mass is 10.2. The number of ether oxygens (including phenoxy) is 1. The zero-order chi connectivity index (χ0) is 13.7. The van der Waals surface area contributed by atoms with Gasteiger partial charge in [0.05, 0.1) is 0 Å². The smallest absolute Gasteiger partial charge is 0.224 e. The number of benzene rings is 1. The molecule has 0 amide bonds. The number of nitrogens with zero attached hydrogens (tertiary/aromatic N) is 2. The average molecular weight is 322 g/mol. The van der Waals surface area contributed by atoms with Crippen molar-refractivity contribution in [2.24, 2.45) is 0 Å². The molecule has 0 fully saturated rings. The van der Waals surface area contributed by atoms with Gasteiger partial charge < -0.3 is 10.1 Å². The van der Waals surface area contributed by atoms with E-state index in [1.165, 1.54) is 6.33 Å². The third kappa shape index (κ3) is 3.92. The Balaban J connectivity index is 2.11. The lowest BCUT2D eigenvalue weighted by Gasteiger charge is -2.08. The minimum Gasteiger partial charge on any atom is -0.439 e. The molecule has 2 aromatic rings. The predicted octanol–water partition coefficient (Wildman–Crippen LogP) is 4.16. The first-order chi connectivity index (χ1) is 9.19. The molecular formula is C14H16BrN3O. The number of hydrogen-bond acceptors (Lipinski definition) is 4. The van der Waals surface area contributed by atoms with Crippen molar-refractivity contribution in [3.05, 3.63) is 40.6 Å². The van der Waals surface area contributed by atoms with Crippen molar-refractivity contribution in [2.75, 3.05) is 11.9 Å². The first kappa shape index (κ1) is 13.8. The van der Waals surface area contributed by atoms with Crippen molar-refractivity contribution in [1.29, 1.82) is 0 Å². The van der Waals surface area contributed by atoms with Crippen molar-refractivity contribution in [3.8, 4) is 11.6 Å². The molecule has 19 heavy (non-hydrogen) atoms. The number of aryl methyl sites for hydroxylation is 1. The molecule has 4 nitrogen and oxygen atoms in total. The monoisotopic (exact) mass is 321 g/mol. The van der Waals surface area contributed by atoms with E-state index in [1.54, 1.807) is 6.07 Å². The Kier molecular flexibility index (Phi) is 4.74. The van der Waals surface area contributed by atoms with E-state index >= 15 is 0 Å². The molecule has 100 valence electrons. The van der Waals surface area contributed by atoms with E-state index in [0.717, 1.165) is 34.6 Å². The molecule has 1 aromatic heterocycles. The summed E-state index contributed by atoms with van der Waals surface area (Å²) < 4.78 is 6.79. The normalized spacial score (nSPS) is 10.3. The molecule has 0 saturated carbocycles. The minimum absolute atomic E-state index is 0.537. The Labute approximate surface area is 121 Å². The Morgan fingerprint density at radius 2 is 2.11 bits per heavy atom. The van der Waals surface area contributed by atoms with Crippen LogP contribution in [0.3, 0.4) is 0 Å². The van der Waals surface area contributed by atoms with Gasteiger partial charge in [-0.05, 0) is 37.1 Å². The summed E-state index contributed by atoms with van der Waals surface area (Å²) in [5, 5.41) is 3.20. The summed E-state index contributed by atoms with van der Waals surface area (Å²) >= 11 is 3.46. The Bertz CT molecular complexity index is 560. The number of aromatic nitrogens is 2. The first-order valence-electron chi connectivity index (χ1n) is 6.19. The molecule has 5 heteroatoms. The molecule has 0 saturated heterocycles. The van der Waals surface area contributed by atoms with Crippen molar-refractivity contribution >= 4 is 21.7 Å². The van der Waals surface area contributed by atoms with Gasteiger partial charge in [-0.1, -0.05) is 22.9 Å². The molecule has 1 heterocycles. The van der Waals surface area contributed by atoms with Gasteiger partial charge in [0.15, 0.2) is 0 Å². The molecule has 0 bridgehead atoms. The third-order valence-corrected chi connectivity index (χ3v) is 3.44. The van der Waals surface area contributed by atoms with Gasteiger partial charge in [0.2, 0.25) is 5.88 Å². The highest BCUT2D eigenvalue weighted by Crippen LogP contribution is 2.25. The van der Waals surface area contributed by atoms with E-state index in [0.29, 0.717) is 5.88 Å². The van der Waals surface area contributed by atoms with Gasteiger partial charge >= 0.3 is 0 Å². The number of halogens is 1. The van der Waals surface area contributed by atoms with Gasteiger partial charge in [0, 0.05) is 17.1 Å². The number of hydrogen-bond donors (Lipinski definition) is 1. The molecule has 2 rings (SSSR count). The summed E-state index contributed by atoms with van der Waals surface area (Å²) in [5.41, 5.74) is 1.12. The highest BCUT2D eigenvalue weighted by molar-refractivity contribution is 9.10. The van der Waals surface area contributed by atoms with Crippen molar-refractivity contribution in [3.63, 3.8) is 0 Å². The van der Waals surface area contributed by atoms with Crippen LogP contribution in [0.1, 0.15) is 18.9 Å². The van der Waals surface area contributed by atoms with E-state index in [-0.39, 0.29) is 0 Å². The second-order valence-corrected chi connectivity index (χ2v) is 5.04. The van der Waals surface area contributed by atoms with Crippen molar-refractivity contribution in [1.82, 2.24) is 9.97 Å². The van der Waals surface area contributed by atoms with E-state index in [2.05, 4.69) is 38.1 Å². The van der Waals surface area contributed by atoms with Gasteiger partial charge in [-0.3, -0.25) is 0 Å². The quantitative estimate of drug-likeness (QED) is 0.898. The number of rotatable bonds is 5. The Morgan fingerprint density at radius 3 is 2.84 bits per heavy atom. The number of anilines is 1. The minimum atomic E-state index is 0.537. The van der Waals surface area contributed by atoms with Crippen LogP contribution in [0.2, 0.25) is 0 Å². The van der Waals surface area contributed by atoms with Crippen LogP contribution in [-0.4, -0.2) is 16.5 Å². The highest BCUT2D eigenvalue weighted by atomic mass is 79.9. The second-order valence-electron chi connectivity index (χ2n) is 4.18. The molecule has 0 spiro atoms. The summed E-state index contributed by atoms with van der Waals surface area (Å²) in [4.78, 5) is 8.25. The fraction of sp³-hybridized carbons (Fsp3) is 0.286. The molecule has 1 aromatic carbocycles. The van der Waals surface area contributed by atoms with E-state index < -0.39 is 0 Å². The van der Waals surface area contributed by atoms with Crippen LogP contribution in [0, 0.1) is 6.92 Å². The molecule has 0 aliphatic heterocycles. The molecule has 0 radical (unpaired) electrons. The van der Waals surface area contributed by atoms with Gasteiger partial charge in [-0.2, -0.15) is 0 Å². The second kappa shape index (κ2) is 6.52. The van der Waals surface area contributed by atoms with E-state index in [1.807, 2.05) is 25.1 Å². The standard InChI is InChI=1S/C14H16BrN3O/c1-3-6-16-13-8-14(18-9-17-13)19-11-4-5-12(15)10(2)7-11/h4-5,7-9H,3,6H2,1-2H3,(H,16,17,18). The van der Waals surface area contributed by atoms with Gasteiger partial charge in [0.25, 0.3) is 0 Å². The summed E-state index contributed by atoms with van der Waals surface area (Å²) in [5.74, 6) is 2.08. The fourth-order valence-corrected chi connectivity index (χ4v) is 1.79. The lowest BCUT2D eigenvalue weighted by Crippen LogP contribution is -2.02. The third-order valence-electron chi connectivity index (χ3n) is 2.55. The Hall–Kier alpha value is -1.62. The average Bonchev–Trinajstić information content (AvgIpc) is 2.41. The fourth-order valence-electron chi connectivity index (χ4n) is 1.55. The Morgan fingerprint density at radius 1 is 1.26 bits per heavy atom. The van der Waals surface area contributed by atoms with Gasteiger partial charge in [-0.15, -0.1) is 0 Å². The van der Waals surface area contributed by atoms with E-state index in [9.17, 15) is 0 Å². The maximum absolute atomic E-state index is 5.72. The maximum Gasteiger partial charge on any atom is 0.224 e. The zero-order valence-corrected chi connectivity index (χ0v) is 12.6. The molecule has 0 atom stereocenters. The van der Waals surface area contributed by atoms with Crippen LogP contribution in [0.5, 0.6) is 11.6 Å². The van der Waals surface area contributed by atoms with Gasteiger partial charge in [0.1, 0.15) is 17.9 Å². The summed E-state index contributed by atoms with van der Waals surface area (Å²) in [7, 11) is 0. The van der Waals surface area contributed by atoms with Crippen LogP contribution in [0.4, 0.5) is 5.82 Å². The number of nitrogens with one attached hydrogen (secondary N) is 1. The van der Waals surface area contributed by atoms with E-state index in [4.69, 9.17) is 4.74 Å². The molecule has 0 unspecified atom stereocenters. The predicted molar refractivity (Wildman–Crippen MR) is 79.8 cm³/mol. The van der Waals surface area contributed by atoms with Crippen molar-refractivity contribution in [2.45, 2.75) is 20.3 Å². The molecular weight excluding hydrogens is 306 g/mol. The SMILES string of the molecule is CCCNc1cc(Oc2ccc(Br)c(C)c2)ncn1. The van der Waals surface area contributed by atoms with Crippen LogP contribution < -0.4 is 10.1 Å².